The number of aromatic nitrogens is 1. The normalized spacial score (nSPS) is 33.0. The van der Waals surface area contributed by atoms with Crippen molar-refractivity contribution < 1.29 is 9.53 Å². The van der Waals surface area contributed by atoms with Crippen LogP contribution < -0.4 is 5.32 Å². The standard InChI is InChI=1S/C17H24N2O2/c1-16(2)12-5-7-17(3,10-12)15(16)19-13-9-11(6-8-18-13)14(20)21-4/h6,8-9,12,15H,5,7,10H2,1-4H3,(H,18,19). The van der Waals surface area contributed by atoms with Crippen molar-refractivity contribution in [1.29, 1.82) is 0 Å². The van der Waals surface area contributed by atoms with Crippen LogP contribution in [0, 0.1) is 16.7 Å². The van der Waals surface area contributed by atoms with Gasteiger partial charge in [0.25, 0.3) is 0 Å². The van der Waals surface area contributed by atoms with Crippen LogP contribution in [-0.4, -0.2) is 24.1 Å². The highest BCUT2D eigenvalue weighted by Crippen LogP contribution is 2.63. The van der Waals surface area contributed by atoms with Crippen molar-refractivity contribution in [1.82, 2.24) is 4.98 Å². The van der Waals surface area contributed by atoms with Crippen LogP contribution in [-0.2, 0) is 4.74 Å². The molecule has 1 N–H and O–H groups in total. The molecule has 2 saturated carbocycles. The minimum Gasteiger partial charge on any atom is -0.465 e. The summed E-state index contributed by atoms with van der Waals surface area (Å²) in [6.45, 7) is 7.08. The van der Waals surface area contributed by atoms with Gasteiger partial charge in [-0.2, -0.15) is 0 Å². The number of methoxy groups -OCH3 is 1. The predicted molar refractivity (Wildman–Crippen MR) is 82.2 cm³/mol. The van der Waals surface area contributed by atoms with Gasteiger partial charge in [0.1, 0.15) is 5.82 Å². The van der Waals surface area contributed by atoms with Crippen molar-refractivity contribution >= 4 is 11.8 Å². The first-order valence-electron chi connectivity index (χ1n) is 7.68. The van der Waals surface area contributed by atoms with Crippen LogP contribution in [0.2, 0.25) is 0 Å². The average Bonchev–Trinajstić information content (AvgIpc) is 2.94. The fraction of sp³-hybridized carbons (Fsp3) is 0.647. The third kappa shape index (κ3) is 2.21. The van der Waals surface area contributed by atoms with Gasteiger partial charge in [0, 0.05) is 12.2 Å². The van der Waals surface area contributed by atoms with Gasteiger partial charge in [0.2, 0.25) is 0 Å². The Hall–Kier alpha value is -1.58. The zero-order chi connectivity index (χ0) is 15.3. The highest BCUT2D eigenvalue weighted by molar-refractivity contribution is 5.90. The van der Waals surface area contributed by atoms with Gasteiger partial charge < -0.3 is 10.1 Å². The van der Waals surface area contributed by atoms with Crippen molar-refractivity contribution in [3.05, 3.63) is 23.9 Å². The lowest BCUT2D eigenvalue weighted by Gasteiger charge is -2.43. The fourth-order valence-corrected chi connectivity index (χ4v) is 4.56. The summed E-state index contributed by atoms with van der Waals surface area (Å²) in [6.07, 6.45) is 5.55. The molecule has 3 unspecified atom stereocenters. The second-order valence-electron chi connectivity index (χ2n) is 7.41. The van der Waals surface area contributed by atoms with Gasteiger partial charge >= 0.3 is 5.97 Å². The number of nitrogens with zero attached hydrogens (tertiary/aromatic N) is 1. The van der Waals surface area contributed by atoms with Gasteiger partial charge in [0.15, 0.2) is 0 Å². The first-order chi connectivity index (χ1) is 9.87. The van der Waals surface area contributed by atoms with E-state index >= 15 is 0 Å². The van der Waals surface area contributed by atoms with Crippen LogP contribution in [0.15, 0.2) is 18.3 Å². The first kappa shape index (κ1) is 14.4. The van der Waals surface area contributed by atoms with Crippen LogP contribution >= 0.6 is 0 Å². The molecule has 0 saturated heterocycles. The third-order valence-corrected chi connectivity index (χ3v) is 5.74. The van der Waals surface area contributed by atoms with Crippen LogP contribution in [0.1, 0.15) is 50.4 Å². The van der Waals surface area contributed by atoms with Crippen molar-refractivity contribution in [3.8, 4) is 0 Å². The lowest BCUT2D eigenvalue weighted by molar-refractivity contribution is 0.0600. The molecule has 3 atom stereocenters. The van der Waals surface area contributed by atoms with Gasteiger partial charge in [-0.25, -0.2) is 9.78 Å². The van der Waals surface area contributed by atoms with E-state index in [1.807, 2.05) is 0 Å². The Kier molecular flexibility index (Phi) is 3.23. The number of pyridine rings is 1. The van der Waals surface area contributed by atoms with E-state index in [1.165, 1.54) is 26.4 Å². The Balaban J connectivity index is 1.85. The largest absolute Gasteiger partial charge is 0.465 e. The Morgan fingerprint density at radius 1 is 1.43 bits per heavy atom. The number of hydrogen-bond donors (Lipinski definition) is 1. The first-order valence-corrected chi connectivity index (χ1v) is 7.68. The molecular weight excluding hydrogens is 264 g/mol. The maximum Gasteiger partial charge on any atom is 0.338 e. The number of hydrogen-bond acceptors (Lipinski definition) is 4. The molecule has 1 aromatic heterocycles. The number of nitrogens with one attached hydrogen (secondary N) is 1. The number of ether oxygens (including phenoxy) is 1. The van der Waals surface area contributed by atoms with Gasteiger partial charge in [-0.05, 0) is 48.1 Å². The second-order valence-corrected chi connectivity index (χ2v) is 7.41. The van der Waals surface area contributed by atoms with Crippen molar-refractivity contribution in [2.75, 3.05) is 12.4 Å². The summed E-state index contributed by atoms with van der Waals surface area (Å²) in [6, 6.07) is 3.87. The van der Waals surface area contributed by atoms with E-state index in [0.29, 0.717) is 17.0 Å². The summed E-state index contributed by atoms with van der Waals surface area (Å²) in [4.78, 5) is 16.0. The Bertz CT molecular complexity index is 565. The van der Waals surface area contributed by atoms with E-state index in [9.17, 15) is 4.79 Å². The van der Waals surface area contributed by atoms with Crippen LogP contribution in [0.3, 0.4) is 0 Å². The molecule has 2 aliphatic rings. The van der Waals surface area contributed by atoms with Gasteiger partial charge in [-0.15, -0.1) is 0 Å². The monoisotopic (exact) mass is 288 g/mol. The van der Waals surface area contributed by atoms with E-state index in [4.69, 9.17) is 4.74 Å². The van der Waals surface area contributed by atoms with E-state index in [-0.39, 0.29) is 11.4 Å². The zero-order valence-corrected chi connectivity index (χ0v) is 13.3. The van der Waals surface area contributed by atoms with E-state index in [0.717, 1.165) is 11.7 Å². The summed E-state index contributed by atoms with van der Waals surface area (Å²) in [5.41, 5.74) is 1.13. The molecule has 21 heavy (non-hydrogen) atoms. The van der Waals surface area contributed by atoms with Crippen LogP contribution in [0.25, 0.3) is 0 Å². The minimum absolute atomic E-state index is 0.260. The molecule has 0 aromatic carbocycles. The molecule has 114 valence electrons. The Morgan fingerprint density at radius 3 is 2.81 bits per heavy atom. The molecule has 1 heterocycles. The van der Waals surface area contributed by atoms with Crippen molar-refractivity contribution in [3.63, 3.8) is 0 Å². The molecule has 2 fully saturated rings. The number of anilines is 1. The maximum atomic E-state index is 11.6. The van der Waals surface area contributed by atoms with E-state index in [2.05, 4.69) is 31.1 Å². The van der Waals surface area contributed by atoms with Crippen LogP contribution in [0.4, 0.5) is 5.82 Å². The van der Waals surface area contributed by atoms with Gasteiger partial charge in [0.05, 0.1) is 12.7 Å². The third-order valence-electron chi connectivity index (χ3n) is 5.74. The van der Waals surface area contributed by atoms with E-state index in [1.54, 1.807) is 18.3 Å². The predicted octanol–water partition coefficient (Wildman–Crippen LogP) is 3.49. The van der Waals surface area contributed by atoms with Gasteiger partial charge in [-0.3, -0.25) is 0 Å². The maximum absolute atomic E-state index is 11.6. The summed E-state index contributed by atoms with van der Waals surface area (Å²) < 4.78 is 4.78. The minimum atomic E-state index is -0.320. The summed E-state index contributed by atoms with van der Waals surface area (Å²) in [5, 5.41) is 3.60. The number of rotatable bonds is 3. The molecule has 2 aliphatic carbocycles. The number of carbonyl (C=O) groups is 1. The molecule has 4 nitrogen and oxygen atoms in total. The number of fused-ring (bicyclic) bond motifs is 2. The molecule has 1 aromatic rings. The average molecular weight is 288 g/mol. The van der Waals surface area contributed by atoms with Gasteiger partial charge in [-0.1, -0.05) is 20.8 Å². The summed E-state index contributed by atoms with van der Waals surface area (Å²) >= 11 is 0. The molecule has 0 radical (unpaired) electrons. The molecule has 4 heteroatoms. The SMILES string of the molecule is COC(=O)c1ccnc(NC2C3(C)CCC(C3)C2(C)C)c1. The van der Waals surface area contributed by atoms with Crippen molar-refractivity contribution in [2.45, 2.75) is 46.1 Å². The smallest absolute Gasteiger partial charge is 0.338 e. The quantitative estimate of drug-likeness (QED) is 0.865. The molecular formula is C17H24N2O2. The van der Waals surface area contributed by atoms with E-state index < -0.39 is 0 Å². The zero-order valence-electron chi connectivity index (χ0n) is 13.3. The molecule has 3 rings (SSSR count). The number of esters is 1. The topological polar surface area (TPSA) is 51.2 Å². The fourth-order valence-electron chi connectivity index (χ4n) is 4.56. The molecule has 0 spiro atoms. The molecule has 0 amide bonds. The highest BCUT2D eigenvalue weighted by Gasteiger charge is 2.59. The summed E-state index contributed by atoms with van der Waals surface area (Å²) in [7, 11) is 1.40. The summed E-state index contributed by atoms with van der Waals surface area (Å²) in [5.74, 6) is 1.23. The molecule has 0 aliphatic heterocycles. The highest BCUT2D eigenvalue weighted by atomic mass is 16.5. The lowest BCUT2D eigenvalue weighted by Crippen LogP contribution is -2.46. The lowest BCUT2D eigenvalue weighted by atomic mass is 9.68. The Morgan fingerprint density at radius 2 is 2.19 bits per heavy atom. The van der Waals surface area contributed by atoms with Crippen LogP contribution in [0.5, 0.6) is 0 Å². The van der Waals surface area contributed by atoms with Crippen molar-refractivity contribution in [2.24, 2.45) is 16.7 Å². The molecule has 2 bridgehead atoms. The second kappa shape index (κ2) is 4.72. The Labute approximate surface area is 126 Å². The number of carbonyl (C=O) groups excluding carboxylic acids is 1.